The third-order valence-corrected chi connectivity index (χ3v) is 4.09. The number of benzene rings is 1. The summed E-state index contributed by atoms with van der Waals surface area (Å²) >= 11 is 0. The van der Waals surface area contributed by atoms with Crippen molar-refractivity contribution in [1.29, 1.82) is 0 Å². The second-order valence-corrected chi connectivity index (χ2v) is 7.94. The van der Waals surface area contributed by atoms with Gasteiger partial charge in [0, 0.05) is 6.42 Å². The molecule has 0 aliphatic rings. The predicted octanol–water partition coefficient (Wildman–Crippen LogP) is 2.13. The maximum Gasteiger partial charge on any atom is 0.408 e. The van der Waals surface area contributed by atoms with Gasteiger partial charge in [0.05, 0.1) is 0 Å². The zero-order chi connectivity index (χ0) is 23.2. The molecule has 0 aliphatic heterocycles. The number of hydrogen-bond acceptors (Lipinski definition) is 5. The molecule has 0 spiro atoms. The van der Waals surface area contributed by atoms with Gasteiger partial charge in [-0.15, -0.1) is 0 Å². The highest BCUT2D eigenvalue weighted by molar-refractivity contribution is 5.88. The number of carbonyl (C=O) groups is 4. The monoisotopic (exact) mass is 435 g/mol. The molecule has 0 fully saturated rings. The van der Waals surface area contributed by atoms with Crippen molar-refractivity contribution < 1.29 is 23.9 Å². The van der Waals surface area contributed by atoms with Crippen LogP contribution in [0.3, 0.4) is 0 Å². The summed E-state index contributed by atoms with van der Waals surface area (Å²) in [5.74, 6) is -0.495. The molecule has 1 atom stereocenters. The first-order chi connectivity index (χ1) is 14.7. The Kier molecular flexibility index (Phi) is 11.5. The number of nitrogens with one attached hydrogen (secondary N) is 5. The van der Waals surface area contributed by atoms with Gasteiger partial charge >= 0.3 is 12.1 Å². The van der Waals surface area contributed by atoms with Crippen molar-refractivity contribution >= 4 is 23.9 Å². The lowest BCUT2D eigenvalue weighted by Crippen LogP contribution is -2.56. The summed E-state index contributed by atoms with van der Waals surface area (Å²) in [7, 11) is 0. The molecule has 0 radical (unpaired) electrons. The standard InChI is InChI=1S/C21H33N5O5/c1-14(2)10-11-18(27)23-25-20(29)26-24-19(28)17(12-15(3)4)22-21(30)31-13-16-8-6-5-7-9-16/h5-9,14-15,17H,10-13H2,1-4H3,(H,22,30)(H,23,27)(H,24,28)(H2,25,26,29)/t17-/m0/s1. The lowest BCUT2D eigenvalue weighted by molar-refractivity contribution is -0.124. The number of carbonyl (C=O) groups excluding carboxylic acids is 4. The second-order valence-electron chi connectivity index (χ2n) is 7.94. The third kappa shape index (κ3) is 12.1. The van der Waals surface area contributed by atoms with Crippen molar-refractivity contribution in [2.45, 2.75) is 59.6 Å². The minimum atomic E-state index is -0.913. The zero-order valence-corrected chi connectivity index (χ0v) is 18.5. The topological polar surface area (TPSA) is 138 Å². The molecule has 0 unspecified atom stereocenters. The average molecular weight is 436 g/mol. The van der Waals surface area contributed by atoms with E-state index in [1.807, 2.05) is 58.0 Å². The van der Waals surface area contributed by atoms with Gasteiger partial charge in [0.15, 0.2) is 0 Å². The average Bonchev–Trinajstić information content (AvgIpc) is 2.73. The predicted molar refractivity (Wildman–Crippen MR) is 115 cm³/mol. The van der Waals surface area contributed by atoms with Crippen LogP contribution in [0.5, 0.6) is 0 Å². The van der Waals surface area contributed by atoms with Gasteiger partial charge in [-0.1, -0.05) is 58.0 Å². The van der Waals surface area contributed by atoms with Crippen LogP contribution in [0.15, 0.2) is 30.3 Å². The van der Waals surface area contributed by atoms with Crippen molar-refractivity contribution in [3.63, 3.8) is 0 Å². The van der Waals surface area contributed by atoms with Gasteiger partial charge < -0.3 is 10.1 Å². The molecule has 31 heavy (non-hydrogen) atoms. The number of ether oxygens (including phenoxy) is 1. The Hall–Kier alpha value is -3.30. The van der Waals surface area contributed by atoms with Crippen molar-refractivity contribution in [2.24, 2.45) is 11.8 Å². The van der Waals surface area contributed by atoms with Gasteiger partial charge in [-0.3, -0.25) is 20.4 Å². The summed E-state index contributed by atoms with van der Waals surface area (Å²) in [5, 5.41) is 2.50. The number of alkyl carbamates (subject to hydrolysis) is 1. The molecular formula is C21H33N5O5. The molecular weight excluding hydrogens is 402 g/mol. The van der Waals surface area contributed by atoms with Crippen LogP contribution in [0.2, 0.25) is 0 Å². The van der Waals surface area contributed by atoms with Crippen LogP contribution < -0.4 is 27.0 Å². The summed E-state index contributed by atoms with van der Waals surface area (Å²) in [6.45, 7) is 7.83. The first-order valence-corrected chi connectivity index (χ1v) is 10.3. The Morgan fingerprint density at radius 1 is 0.871 bits per heavy atom. The molecule has 0 heterocycles. The van der Waals surface area contributed by atoms with Crippen LogP contribution >= 0.6 is 0 Å². The molecule has 1 rings (SSSR count). The van der Waals surface area contributed by atoms with Gasteiger partial charge in [0.2, 0.25) is 5.91 Å². The number of hydrogen-bond donors (Lipinski definition) is 5. The Balaban J connectivity index is 2.43. The van der Waals surface area contributed by atoms with Crippen LogP contribution in [0.4, 0.5) is 9.59 Å². The molecule has 5 amide bonds. The fourth-order valence-corrected chi connectivity index (χ4v) is 2.46. The first kappa shape index (κ1) is 25.7. The maximum atomic E-state index is 12.4. The summed E-state index contributed by atoms with van der Waals surface area (Å²) in [4.78, 5) is 47.8. The van der Waals surface area contributed by atoms with E-state index in [9.17, 15) is 19.2 Å². The minimum Gasteiger partial charge on any atom is -0.445 e. The molecule has 10 heteroatoms. The number of hydrazine groups is 2. The Labute approximate surface area is 182 Å². The molecule has 172 valence electrons. The zero-order valence-electron chi connectivity index (χ0n) is 18.5. The molecule has 1 aromatic carbocycles. The lowest BCUT2D eigenvalue weighted by Gasteiger charge is -2.20. The van der Waals surface area contributed by atoms with E-state index in [0.29, 0.717) is 18.8 Å². The SMILES string of the molecule is CC(C)CCC(=O)NNC(=O)NNC(=O)[C@H](CC(C)C)NC(=O)OCc1ccccc1. The summed E-state index contributed by atoms with van der Waals surface area (Å²) in [5.41, 5.74) is 9.56. The Morgan fingerprint density at radius 3 is 2.13 bits per heavy atom. The van der Waals surface area contributed by atoms with Crippen LogP contribution in [-0.4, -0.2) is 30.0 Å². The van der Waals surface area contributed by atoms with E-state index in [2.05, 4.69) is 27.0 Å². The van der Waals surface area contributed by atoms with Crippen molar-refractivity contribution in [3.05, 3.63) is 35.9 Å². The molecule has 0 bridgehead atoms. The van der Waals surface area contributed by atoms with Crippen molar-refractivity contribution in [3.8, 4) is 0 Å². The van der Waals surface area contributed by atoms with Crippen molar-refractivity contribution in [2.75, 3.05) is 0 Å². The fraction of sp³-hybridized carbons (Fsp3) is 0.524. The van der Waals surface area contributed by atoms with Gasteiger partial charge in [-0.05, 0) is 30.2 Å². The molecule has 5 N–H and O–H groups in total. The lowest BCUT2D eigenvalue weighted by atomic mass is 10.0. The Morgan fingerprint density at radius 2 is 1.52 bits per heavy atom. The van der Waals surface area contributed by atoms with Crippen LogP contribution in [0, 0.1) is 11.8 Å². The van der Waals surface area contributed by atoms with Gasteiger partial charge in [-0.25, -0.2) is 20.4 Å². The third-order valence-electron chi connectivity index (χ3n) is 4.09. The van der Waals surface area contributed by atoms with Crippen LogP contribution in [-0.2, 0) is 20.9 Å². The highest BCUT2D eigenvalue weighted by Gasteiger charge is 2.23. The minimum absolute atomic E-state index is 0.0693. The molecule has 1 aromatic rings. The maximum absolute atomic E-state index is 12.4. The van der Waals surface area contributed by atoms with E-state index in [1.165, 1.54) is 0 Å². The van der Waals surface area contributed by atoms with E-state index in [-0.39, 0.29) is 24.9 Å². The number of amides is 5. The van der Waals surface area contributed by atoms with Gasteiger partial charge in [-0.2, -0.15) is 0 Å². The summed E-state index contributed by atoms with van der Waals surface area (Å²) in [6, 6.07) is 7.41. The van der Waals surface area contributed by atoms with E-state index < -0.39 is 24.1 Å². The van der Waals surface area contributed by atoms with Gasteiger partial charge in [0.25, 0.3) is 5.91 Å². The summed E-state index contributed by atoms with van der Waals surface area (Å²) in [6.07, 6.45) is 0.554. The van der Waals surface area contributed by atoms with Crippen LogP contribution in [0.1, 0.15) is 52.5 Å². The van der Waals surface area contributed by atoms with E-state index in [0.717, 1.165) is 5.56 Å². The van der Waals surface area contributed by atoms with Gasteiger partial charge in [0.1, 0.15) is 12.6 Å². The number of urea groups is 1. The molecule has 0 saturated heterocycles. The van der Waals surface area contributed by atoms with Crippen LogP contribution in [0.25, 0.3) is 0 Å². The Bertz CT molecular complexity index is 724. The summed E-state index contributed by atoms with van der Waals surface area (Å²) < 4.78 is 5.14. The molecule has 10 nitrogen and oxygen atoms in total. The first-order valence-electron chi connectivity index (χ1n) is 10.3. The molecule has 0 aromatic heterocycles. The van der Waals surface area contributed by atoms with Crippen molar-refractivity contribution in [1.82, 2.24) is 27.0 Å². The largest absolute Gasteiger partial charge is 0.445 e. The van der Waals surface area contributed by atoms with E-state index in [4.69, 9.17) is 4.74 Å². The smallest absolute Gasteiger partial charge is 0.408 e. The second kappa shape index (κ2) is 13.8. The fourth-order valence-electron chi connectivity index (χ4n) is 2.46. The van der Waals surface area contributed by atoms with E-state index >= 15 is 0 Å². The quantitative estimate of drug-likeness (QED) is 0.378. The highest BCUT2D eigenvalue weighted by atomic mass is 16.5. The highest BCUT2D eigenvalue weighted by Crippen LogP contribution is 2.06. The van der Waals surface area contributed by atoms with E-state index in [1.54, 1.807) is 0 Å². The normalized spacial score (nSPS) is 11.4. The molecule has 0 aliphatic carbocycles. The number of rotatable bonds is 9. The molecule has 0 saturated carbocycles.